The zero-order chi connectivity index (χ0) is 22.0. The molecule has 2 aliphatic rings. The van der Waals surface area contributed by atoms with Crippen LogP contribution in [0.5, 0.6) is 11.5 Å². The first-order valence-electron chi connectivity index (χ1n) is 11.8. The van der Waals surface area contributed by atoms with Crippen molar-refractivity contribution in [2.24, 2.45) is 0 Å². The first-order chi connectivity index (χ1) is 16.3. The number of hydrogen-bond acceptors (Lipinski definition) is 5. The van der Waals surface area contributed by atoms with Crippen LogP contribution >= 0.6 is 0 Å². The molecule has 2 aromatic carbocycles. The van der Waals surface area contributed by atoms with E-state index in [-0.39, 0.29) is 0 Å². The predicted octanol–water partition coefficient (Wildman–Crippen LogP) is 5.11. The van der Waals surface area contributed by atoms with Crippen LogP contribution in [-0.4, -0.2) is 33.0 Å². The van der Waals surface area contributed by atoms with Crippen LogP contribution in [0, 0.1) is 0 Å². The lowest BCUT2D eigenvalue weighted by molar-refractivity contribution is 0.483. The van der Waals surface area contributed by atoms with Gasteiger partial charge in [0.2, 0.25) is 0 Å². The number of benzene rings is 2. The van der Waals surface area contributed by atoms with Gasteiger partial charge in [-0.15, -0.1) is 0 Å². The Morgan fingerprint density at radius 2 is 1.09 bits per heavy atom. The standard InChI is InChI=1S/C26H28N6O/c1-3-21(27-13-1)25-29-15-23(31-25)17-5-9-19(10-6-17)33-20-11-7-18(8-12-20)24-16-30-26(32-24)22-4-2-14-28-22/h5-12,15-16,21-22,27-28H,1-4,13-14H2,(H,29,31)(H,30,32)/t21-,22-/m0/s1. The summed E-state index contributed by atoms with van der Waals surface area (Å²) >= 11 is 0. The Balaban J connectivity index is 1.11. The second-order valence-corrected chi connectivity index (χ2v) is 8.81. The normalized spacial score (nSPS) is 20.4. The van der Waals surface area contributed by atoms with Crippen molar-refractivity contribution in [3.05, 3.63) is 72.6 Å². The monoisotopic (exact) mass is 440 g/mol. The van der Waals surface area contributed by atoms with Crippen LogP contribution in [0.3, 0.4) is 0 Å². The lowest BCUT2D eigenvalue weighted by atomic mass is 10.1. The molecule has 0 amide bonds. The van der Waals surface area contributed by atoms with Crippen molar-refractivity contribution in [1.29, 1.82) is 0 Å². The maximum atomic E-state index is 6.06. The highest BCUT2D eigenvalue weighted by molar-refractivity contribution is 5.61. The highest BCUT2D eigenvalue weighted by atomic mass is 16.5. The Kier molecular flexibility index (Phi) is 5.41. The highest BCUT2D eigenvalue weighted by Crippen LogP contribution is 2.29. The van der Waals surface area contributed by atoms with E-state index < -0.39 is 0 Å². The molecule has 6 rings (SSSR count). The molecular formula is C26H28N6O. The molecule has 7 heteroatoms. The van der Waals surface area contributed by atoms with Gasteiger partial charge in [0.05, 0.1) is 35.9 Å². The summed E-state index contributed by atoms with van der Waals surface area (Å²) in [6.45, 7) is 2.13. The molecule has 2 saturated heterocycles. The molecule has 0 bridgehead atoms. The van der Waals surface area contributed by atoms with Crippen LogP contribution in [0.4, 0.5) is 0 Å². The average molecular weight is 441 g/mol. The first-order valence-corrected chi connectivity index (χ1v) is 11.8. The third-order valence-electron chi connectivity index (χ3n) is 6.54. The molecule has 0 spiro atoms. The van der Waals surface area contributed by atoms with Gasteiger partial charge in [0.15, 0.2) is 0 Å². The number of nitrogens with zero attached hydrogens (tertiary/aromatic N) is 2. The lowest BCUT2D eigenvalue weighted by Crippen LogP contribution is -2.14. The van der Waals surface area contributed by atoms with Gasteiger partial charge < -0.3 is 25.3 Å². The fourth-order valence-electron chi connectivity index (χ4n) is 4.70. The molecule has 4 N–H and O–H groups in total. The molecule has 2 aromatic heterocycles. The van der Waals surface area contributed by atoms with Crippen molar-refractivity contribution < 1.29 is 4.74 Å². The van der Waals surface area contributed by atoms with Crippen LogP contribution in [-0.2, 0) is 0 Å². The minimum atomic E-state index is 0.344. The topological polar surface area (TPSA) is 90.7 Å². The van der Waals surface area contributed by atoms with Gasteiger partial charge in [-0.25, -0.2) is 9.97 Å². The van der Waals surface area contributed by atoms with E-state index in [2.05, 4.69) is 54.8 Å². The lowest BCUT2D eigenvalue weighted by Gasteiger charge is -2.08. The van der Waals surface area contributed by atoms with E-state index >= 15 is 0 Å². The number of aromatic amines is 2. The third-order valence-corrected chi connectivity index (χ3v) is 6.54. The Hall–Kier alpha value is -3.42. The molecule has 4 aromatic rings. The molecule has 33 heavy (non-hydrogen) atoms. The number of H-pyrrole nitrogens is 2. The molecule has 4 heterocycles. The molecule has 168 valence electrons. The zero-order valence-electron chi connectivity index (χ0n) is 18.5. The van der Waals surface area contributed by atoms with Crippen molar-refractivity contribution >= 4 is 0 Å². The Morgan fingerprint density at radius 3 is 1.48 bits per heavy atom. The number of hydrogen-bond donors (Lipinski definition) is 4. The van der Waals surface area contributed by atoms with Gasteiger partial charge in [-0.05, 0) is 98.4 Å². The summed E-state index contributed by atoms with van der Waals surface area (Å²) in [6, 6.07) is 16.9. The zero-order valence-corrected chi connectivity index (χ0v) is 18.5. The van der Waals surface area contributed by atoms with Crippen LogP contribution < -0.4 is 15.4 Å². The van der Waals surface area contributed by atoms with E-state index in [1.54, 1.807) is 0 Å². The van der Waals surface area contributed by atoms with Crippen molar-refractivity contribution in [2.45, 2.75) is 37.8 Å². The molecule has 2 aliphatic heterocycles. The average Bonchev–Trinajstić information content (AvgIpc) is 3.66. The van der Waals surface area contributed by atoms with Gasteiger partial charge >= 0.3 is 0 Å². The summed E-state index contributed by atoms with van der Waals surface area (Å²) in [5, 5.41) is 6.96. The summed E-state index contributed by atoms with van der Waals surface area (Å²) in [4.78, 5) is 16.0. The number of ether oxygens (including phenoxy) is 1. The minimum Gasteiger partial charge on any atom is -0.457 e. The van der Waals surface area contributed by atoms with Crippen molar-refractivity contribution in [3.63, 3.8) is 0 Å². The smallest absolute Gasteiger partial charge is 0.127 e. The van der Waals surface area contributed by atoms with Gasteiger partial charge in [0.25, 0.3) is 0 Å². The molecule has 2 fully saturated rings. The van der Waals surface area contributed by atoms with Gasteiger partial charge in [0.1, 0.15) is 23.1 Å². The molecular weight excluding hydrogens is 412 g/mol. The molecule has 2 atom stereocenters. The second kappa shape index (κ2) is 8.84. The maximum Gasteiger partial charge on any atom is 0.127 e. The van der Waals surface area contributed by atoms with E-state index in [4.69, 9.17) is 4.74 Å². The summed E-state index contributed by atoms with van der Waals surface area (Å²) in [5.74, 6) is 3.65. The maximum absolute atomic E-state index is 6.06. The molecule has 0 aliphatic carbocycles. The molecule has 7 nitrogen and oxygen atoms in total. The van der Waals surface area contributed by atoms with E-state index in [1.165, 1.54) is 12.8 Å². The van der Waals surface area contributed by atoms with Gasteiger partial charge in [0, 0.05) is 0 Å². The molecule has 0 saturated carbocycles. The first kappa shape index (κ1) is 20.2. The fraction of sp³-hybridized carbons (Fsp3) is 0.308. The van der Waals surface area contributed by atoms with Crippen molar-refractivity contribution in [3.8, 4) is 34.0 Å². The van der Waals surface area contributed by atoms with Gasteiger partial charge in [-0.3, -0.25) is 0 Å². The number of rotatable bonds is 6. The van der Waals surface area contributed by atoms with E-state index in [9.17, 15) is 0 Å². The SMILES string of the molecule is c1cc(-c2cnc([C@@H]3CCCN3)[nH]2)ccc1Oc1ccc(-c2cnc([C@@H]3CCCN3)[nH]2)cc1. The number of aromatic nitrogens is 4. The largest absolute Gasteiger partial charge is 0.457 e. The Bertz CT molecular complexity index is 1100. The van der Waals surface area contributed by atoms with Crippen LogP contribution in [0.2, 0.25) is 0 Å². The molecule has 0 unspecified atom stereocenters. The van der Waals surface area contributed by atoms with Crippen LogP contribution in [0.15, 0.2) is 60.9 Å². The summed E-state index contributed by atoms with van der Waals surface area (Å²) in [6.07, 6.45) is 8.50. The van der Waals surface area contributed by atoms with E-state index in [1.807, 2.05) is 36.7 Å². The minimum absolute atomic E-state index is 0.344. The fourth-order valence-corrected chi connectivity index (χ4v) is 4.70. The third kappa shape index (κ3) is 4.29. The van der Waals surface area contributed by atoms with Crippen LogP contribution in [0.25, 0.3) is 22.5 Å². The number of imidazole rings is 2. The Labute approximate surface area is 193 Å². The predicted molar refractivity (Wildman–Crippen MR) is 128 cm³/mol. The van der Waals surface area contributed by atoms with Gasteiger partial charge in [-0.2, -0.15) is 0 Å². The van der Waals surface area contributed by atoms with E-state index in [0.29, 0.717) is 12.1 Å². The number of nitrogens with one attached hydrogen (secondary N) is 4. The Morgan fingerprint density at radius 1 is 0.636 bits per heavy atom. The molecule has 0 radical (unpaired) electrons. The quantitative estimate of drug-likeness (QED) is 0.335. The summed E-state index contributed by atoms with van der Waals surface area (Å²) < 4.78 is 6.06. The van der Waals surface area contributed by atoms with Crippen molar-refractivity contribution in [2.75, 3.05) is 13.1 Å². The summed E-state index contributed by atoms with van der Waals surface area (Å²) in [5.41, 5.74) is 4.25. The second-order valence-electron chi connectivity index (χ2n) is 8.81. The van der Waals surface area contributed by atoms with Crippen LogP contribution in [0.1, 0.15) is 49.4 Å². The van der Waals surface area contributed by atoms with Gasteiger partial charge in [-0.1, -0.05) is 0 Å². The van der Waals surface area contributed by atoms with E-state index in [0.717, 1.165) is 71.6 Å². The van der Waals surface area contributed by atoms with Crippen molar-refractivity contribution in [1.82, 2.24) is 30.6 Å². The highest BCUT2D eigenvalue weighted by Gasteiger charge is 2.20. The summed E-state index contributed by atoms with van der Waals surface area (Å²) in [7, 11) is 0.